The highest BCUT2D eigenvalue weighted by Gasteiger charge is 2.12. The van der Waals surface area contributed by atoms with Gasteiger partial charge in [-0.3, -0.25) is 4.79 Å². The van der Waals surface area contributed by atoms with Crippen LogP contribution in [0.2, 0.25) is 0 Å². The molecule has 0 saturated heterocycles. The Balaban J connectivity index is 2.28. The first kappa shape index (κ1) is 12.1. The second-order valence-corrected chi connectivity index (χ2v) is 3.97. The van der Waals surface area contributed by atoms with Crippen LogP contribution in [0.3, 0.4) is 0 Å². The van der Waals surface area contributed by atoms with Crippen molar-refractivity contribution in [2.45, 2.75) is 6.92 Å². The van der Waals surface area contributed by atoms with Gasteiger partial charge in [0.15, 0.2) is 0 Å². The van der Waals surface area contributed by atoms with Crippen molar-refractivity contribution in [1.82, 2.24) is 0 Å². The molecule has 0 aliphatic rings. The summed E-state index contributed by atoms with van der Waals surface area (Å²) < 4.78 is 13.4. The van der Waals surface area contributed by atoms with Crippen molar-refractivity contribution < 1.29 is 9.18 Å². The number of nitrogen functional groups attached to an aromatic ring is 1. The second kappa shape index (κ2) is 4.87. The van der Waals surface area contributed by atoms with Crippen molar-refractivity contribution in [3.63, 3.8) is 0 Å². The summed E-state index contributed by atoms with van der Waals surface area (Å²) in [7, 11) is 0. The summed E-state index contributed by atoms with van der Waals surface area (Å²) in [4.78, 5) is 12.0. The SMILES string of the molecule is Cc1cccc(C(=O)Nc2ccccc2F)c1N. The summed E-state index contributed by atoms with van der Waals surface area (Å²) in [5.41, 5.74) is 7.53. The topological polar surface area (TPSA) is 55.1 Å². The standard InChI is InChI=1S/C14H13FN2O/c1-9-5-4-6-10(13(9)16)14(18)17-12-8-3-2-7-11(12)15/h2-8H,16H2,1H3,(H,17,18). The van der Waals surface area contributed by atoms with Crippen LogP contribution in [0.25, 0.3) is 0 Å². The molecule has 92 valence electrons. The number of nitrogens with two attached hydrogens (primary N) is 1. The lowest BCUT2D eigenvalue weighted by molar-refractivity contribution is 0.102. The van der Waals surface area contributed by atoms with Gasteiger partial charge in [0.2, 0.25) is 0 Å². The van der Waals surface area contributed by atoms with Crippen LogP contribution < -0.4 is 11.1 Å². The van der Waals surface area contributed by atoms with E-state index >= 15 is 0 Å². The molecule has 0 atom stereocenters. The van der Waals surface area contributed by atoms with Gasteiger partial charge in [0.25, 0.3) is 5.91 Å². The Morgan fingerprint density at radius 2 is 1.89 bits per heavy atom. The molecule has 0 aliphatic carbocycles. The van der Waals surface area contributed by atoms with Gasteiger partial charge >= 0.3 is 0 Å². The van der Waals surface area contributed by atoms with Crippen LogP contribution in [0.1, 0.15) is 15.9 Å². The average molecular weight is 244 g/mol. The van der Waals surface area contributed by atoms with Gasteiger partial charge < -0.3 is 11.1 Å². The number of nitrogens with one attached hydrogen (secondary N) is 1. The summed E-state index contributed by atoms with van der Waals surface area (Å²) in [6.45, 7) is 1.81. The maximum atomic E-state index is 13.4. The van der Waals surface area contributed by atoms with Crippen molar-refractivity contribution in [2.24, 2.45) is 0 Å². The molecule has 0 spiro atoms. The van der Waals surface area contributed by atoms with Crippen LogP contribution in [0, 0.1) is 12.7 Å². The minimum atomic E-state index is -0.475. The Labute approximate surface area is 104 Å². The molecule has 0 radical (unpaired) electrons. The number of halogens is 1. The smallest absolute Gasteiger partial charge is 0.257 e. The molecule has 0 saturated carbocycles. The van der Waals surface area contributed by atoms with E-state index < -0.39 is 11.7 Å². The van der Waals surface area contributed by atoms with Gasteiger partial charge in [0.1, 0.15) is 5.82 Å². The zero-order chi connectivity index (χ0) is 13.1. The molecule has 3 N–H and O–H groups in total. The van der Waals surface area contributed by atoms with Gasteiger partial charge in [-0.1, -0.05) is 24.3 Å². The molecule has 3 nitrogen and oxygen atoms in total. The third-order valence-electron chi connectivity index (χ3n) is 2.69. The number of anilines is 2. The van der Waals surface area contributed by atoms with E-state index in [9.17, 15) is 9.18 Å². The molecular formula is C14H13FN2O. The third-order valence-corrected chi connectivity index (χ3v) is 2.69. The molecule has 0 heterocycles. The van der Waals surface area contributed by atoms with Gasteiger partial charge in [-0.05, 0) is 30.7 Å². The molecule has 2 aromatic carbocycles. The fourth-order valence-corrected chi connectivity index (χ4v) is 1.63. The van der Waals surface area contributed by atoms with Crippen LogP contribution in [-0.2, 0) is 0 Å². The fraction of sp³-hybridized carbons (Fsp3) is 0.0714. The van der Waals surface area contributed by atoms with Gasteiger partial charge in [-0.15, -0.1) is 0 Å². The minimum Gasteiger partial charge on any atom is -0.398 e. The molecule has 0 bridgehead atoms. The summed E-state index contributed by atoms with van der Waals surface area (Å²) in [6.07, 6.45) is 0. The number of hydrogen-bond donors (Lipinski definition) is 2. The Hall–Kier alpha value is -2.36. The number of carbonyl (C=O) groups is 1. The van der Waals surface area contributed by atoms with E-state index in [1.165, 1.54) is 12.1 Å². The number of hydrogen-bond acceptors (Lipinski definition) is 2. The van der Waals surface area contributed by atoms with Crippen molar-refractivity contribution >= 4 is 17.3 Å². The second-order valence-electron chi connectivity index (χ2n) is 3.97. The quantitative estimate of drug-likeness (QED) is 0.798. The fourth-order valence-electron chi connectivity index (χ4n) is 1.63. The van der Waals surface area contributed by atoms with E-state index in [4.69, 9.17) is 5.73 Å². The van der Waals surface area contributed by atoms with Gasteiger partial charge in [-0.2, -0.15) is 0 Å². The molecule has 18 heavy (non-hydrogen) atoms. The molecule has 0 aromatic heterocycles. The number of amides is 1. The zero-order valence-corrected chi connectivity index (χ0v) is 9.91. The van der Waals surface area contributed by atoms with Crippen molar-refractivity contribution in [1.29, 1.82) is 0 Å². The number of benzene rings is 2. The number of carbonyl (C=O) groups excluding carboxylic acids is 1. The lowest BCUT2D eigenvalue weighted by Crippen LogP contribution is -2.15. The number of aryl methyl sites for hydroxylation is 1. The predicted molar refractivity (Wildman–Crippen MR) is 69.9 cm³/mol. The van der Waals surface area contributed by atoms with Crippen molar-refractivity contribution in [3.8, 4) is 0 Å². The normalized spacial score (nSPS) is 10.1. The highest BCUT2D eigenvalue weighted by Crippen LogP contribution is 2.19. The Kier molecular flexibility index (Phi) is 3.28. The van der Waals surface area contributed by atoms with Crippen LogP contribution >= 0.6 is 0 Å². The van der Waals surface area contributed by atoms with E-state index in [-0.39, 0.29) is 5.69 Å². The summed E-state index contributed by atoms with van der Waals surface area (Å²) in [5.74, 6) is -0.890. The number of rotatable bonds is 2. The van der Waals surface area contributed by atoms with Gasteiger partial charge in [-0.25, -0.2) is 4.39 Å². The average Bonchev–Trinajstić information content (AvgIpc) is 2.35. The van der Waals surface area contributed by atoms with Crippen molar-refractivity contribution in [2.75, 3.05) is 11.1 Å². The summed E-state index contributed by atoms with van der Waals surface area (Å²) in [5, 5.41) is 2.50. The van der Waals surface area contributed by atoms with E-state index in [1.807, 2.05) is 13.0 Å². The maximum absolute atomic E-state index is 13.4. The summed E-state index contributed by atoms with van der Waals surface area (Å²) in [6, 6.07) is 11.2. The van der Waals surface area contributed by atoms with Crippen LogP contribution in [-0.4, -0.2) is 5.91 Å². The summed E-state index contributed by atoms with van der Waals surface area (Å²) >= 11 is 0. The van der Waals surface area contributed by atoms with Gasteiger partial charge in [0, 0.05) is 5.69 Å². The molecular weight excluding hydrogens is 231 g/mol. The lowest BCUT2D eigenvalue weighted by atomic mass is 10.1. The first-order chi connectivity index (χ1) is 8.59. The highest BCUT2D eigenvalue weighted by atomic mass is 19.1. The Bertz CT molecular complexity index is 596. The molecule has 0 aliphatic heterocycles. The largest absolute Gasteiger partial charge is 0.398 e. The highest BCUT2D eigenvalue weighted by molar-refractivity contribution is 6.08. The molecule has 1 amide bonds. The van der Waals surface area contributed by atoms with E-state index in [2.05, 4.69) is 5.32 Å². The van der Waals surface area contributed by atoms with Crippen LogP contribution in [0.15, 0.2) is 42.5 Å². The number of para-hydroxylation sites is 2. The van der Waals surface area contributed by atoms with E-state index in [0.717, 1.165) is 5.56 Å². The van der Waals surface area contributed by atoms with E-state index in [0.29, 0.717) is 11.3 Å². The first-order valence-electron chi connectivity index (χ1n) is 5.50. The lowest BCUT2D eigenvalue weighted by Gasteiger charge is -2.09. The first-order valence-corrected chi connectivity index (χ1v) is 5.50. The predicted octanol–water partition coefficient (Wildman–Crippen LogP) is 2.97. The van der Waals surface area contributed by atoms with Crippen LogP contribution in [0.4, 0.5) is 15.8 Å². The maximum Gasteiger partial charge on any atom is 0.257 e. The molecule has 2 rings (SSSR count). The molecule has 0 fully saturated rings. The monoisotopic (exact) mass is 244 g/mol. The minimum absolute atomic E-state index is 0.142. The van der Waals surface area contributed by atoms with Crippen molar-refractivity contribution in [3.05, 3.63) is 59.4 Å². The Morgan fingerprint density at radius 1 is 1.17 bits per heavy atom. The van der Waals surface area contributed by atoms with Gasteiger partial charge in [0.05, 0.1) is 11.3 Å². The third kappa shape index (κ3) is 2.32. The molecule has 4 heteroatoms. The molecule has 2 aromatic rings. The Morgan fingerprint density at radius 3 is 2.61 bits per heavy atom. The van der Waals surface area contributed by atoms with E-state index in [1.54, 1.807) is 24.3 Å². The molecule has 0 unspecified atom stereocenters. The zero-order valence-electron chi connectivity index (χ0n) is 9.91. The van der Waals surface area contributed by atoms with Crippen LogP contribution in [0.5, 0.6) is 0 Å².